The van der Waals surface area contributed by atoms with E-state index in [-0.39, 0.29) is 5.41 Å². The van der Waals surface area contributed by atoms with E-state index in [0.29, 0.717) is 19.8 Å². The Morgan fingerprint density at radius 2 is 1.83 bits per heavy atom. The third-order valence-corrected chi connectivity index (χ3v) is 3.84. The Labute approximate surface area is 107 Å². The number of rotatable bonds is 3. The van der Waals surface area contributed by atoms with Crippen molar-refractivity contribution in [3.05, 3.63) is 23.3 Å². The average Bonchev–Trinajstić information content (AvgIpc) is 2.33. The van der Waals surface area contributed by atoms with Crippen molar-refractivity contribution in [2.24, 2.45) is 5.73 Å². The van der Waals surface area contributed by atoms with Crippen molar-refractivity contribution in [1.82, 2.24) is 0 Å². The Morgan fingerprint density at radius 1 is 1.17 bits per heavy atom. The van der Waals surface area contributed by atoms with Gasteiger partial charge in [-0.15, -0.1) is 0 Å². The maximum Gasteiger partial charge on any atom is 0.161 e. The Bertz CT molecular complexity index is 455. The second-order valence-corrected chi connectivity index (χ2v) is 5.12. The van der Waals surface area contributed by atoms with Gasteiger partial charge in [0.1, 0.15) is 13.2 Å². The maximum absolute atomic E-state index is 5.74. The van der Waals surface area contributed by atoms with E-state index in [9.17, 15) is 0 Å². The molecule has 0 aromatic heterocycles. The Kier molecular flexibility index (Phi) is 2.92. The fourth-order valence-corrected chi connectivity index (χ4v) is 2.82. The van der Waals surface area contributed by atoms with Gasteiger partial charge in [0.15, 0.2) is 11.5 Å². The predicted molar refractivity (Wildman–Crippen MR) is 68.3 cm³/mol. The van der Waals surface area contributed by atoms with Crippen LogP contribution in [0.5, 0.6) is 11.5 Å². The van der Waals surface area contributed by atoms with E-state index in [0.717, 1.165) is 31.1 Å². The number of benzene rings is 1. The molecule has 0 spiro atoms. The molecule has 4 nitrogen and oxygen atoms in total. The summed E-state index contributed by atoms with van der Waals surface area (Å²) >= 11 is 0. The van der Waals surface area contributed by atoms with Gasteiger partial charge in [-0.2, -0.15) is 0 Å². The van der Waals surface area contributed by atoms with Crippen LogP contribution in [-0.2, 0) is 10.2 Å². The number of hydrogen-bond donors (Lipinski definition) is 1. The zero-order valence-electron chi connectivity index (χ0n) is 10.7. The summed E-state index contributed by atoms with van der Waals surface area (Å²) in [6, 6.07) is 4.18. The summed E-state index contributed by atoms with van der Waals surface area (Å²) in [6.45, 7) is 5.55. The van der Waals surface area contributed by atoms with Crippen molar-refractivity contribution in [2.75, 3.05) is 33.0 Å². The average molecular weight is 249 g/mol. The highest BCUT2D eigenvalue weighted by Crippen LogP contribution is 2.42. The number of fused-ring (bicyclic) bond motifs is 1. The van der Waals surface area contributed by atoms with Gasteiger partial charge in [-0.3, -0.25) is 0 Å². The summed E-state index contributed by atoms with van der Waals surface area (Å²) in [5, 5.41) is 0. The van der Waals surface area contributed by atoms with Gasteiger partial charge in [-0.1, -0.05) is 0 Å². The van der Waals surface area contributed by atoms with Crippen molar-refractivity contribution in [1.29, 1.82) is 0 Å². The molecule has 0 atom stereocenters. The van der Waals surface area contributed by atoms with Gasteiger partial charge in [-0.25, -0.2) is 0 Å². The first-order chi connectivity index (χ1) is 8.75. The monoisotopic (exact) mass is 249 g/mol. The van der Waals surface area contributed by atoms with Crippen LogP contribution in [0.2, 0.25) is 0 Å². The van der Waals surface area contributed by atoms with Crippen molar-refractivity contribution in [2.45, 2.75) is 18.8 Å². The maximum atomic E-state index is 5.74. The van der Waals surface area contributed by atoms with Crippen LogP contribution >= 0.6 is 0 Å². The van der Waals surface area contributed by atoms with Crippen LogP contribution in [0.15, 0.2) is 12.1 Å². The molecule has 0 aliphatic carbocycles. The highest BCUT2D eigenvalue weighted by atomic mass is 16.6. The van der Waals surface area contributed by atoms with Crippen LogP contribution in [0.3, 0.4) is 0 Å². The van der Waals surface area contributed by atoms with Gasteiger partial charge in [0.2, 0.25) is 0 Å². The molecule has 1 saturated heterocycles. The molecule has 3 rings (SSSR count). The van der Waals surface area contributed by atoms with Crippen molar-refractivity contribution >= 4 is 0 Å². The molecule has 0 unspecified atom stereocenters. The van der Waals surface area contributed by atoms with Crippen molar-refractivity contribution in [3.8, 4) is 11.5 Å². The molecular formula is C14H19NO3. The summed E-state index contributed by atoms with van der Waals surface area (Å²) in [5.41, 5.74) is 8.34. The molecule has 0 bridgehead atoms. The number of ether oxygens (including phenoxy) is 3. The second kappa shape index (κ2) is 4.44. The normalized spacial score (nSPS) is 20.3. The summed E-state index contributed by atoms with van der Waals surface area (Å²) in [5.74, 6) is 1.70. The predicted octanol–water partition coefficient (Wildman–Crippen LogP) is 1.38. The molecule has 2 N–H and O–H groups in total. The number of nitrogens with two attached hydrogens (primary N) is 1. The van der Waals surface area contributed by atoms with Crippen LogP contribution in [0.25, 0.3) is 0 Å². The van der Waals surface area contributed by atoms with Gasteiger partial charge in [0.25, 0.3) is 0 Å². The fraction of sp³-hybridized carbons (Fsp3) is 0.571. The quantitative estimate of drug-likeness (QED) is 0.879. The molecule has 98 valence electrons. The first kappa shape index (κ1) is 11.8. The molecule has 4 heteroatoms. The molecule has 0 saturated carbocycles. The standard InChI is InChI=1S/C14H19NO3/c1-10-6-12-13(18-5-4-17-12)7-11(10)14(2-3-15)8-16-9-14/h6-7H,2-5,8-9,15H2,1H3. The van der Waals surface area contributed by atoms with Gasteiger partial charge < -0.3 is 19.9 Å². The summed E-state index contributed by atoms with van der Waals surface area (Å²) < 4.78 is 16.7. The number of aryl methyl sites for hydroxylation is 1. The largest absolute Gasteiger partial charge is 0.486 e. The van der Waals surface area contributed by atoms with E-state index < -0.39 is 0 Å². The van der Waals surface area contributed by atoms with Crippen LogP contribution in [-0.4, -0.2) is 33.0 Å². The van der Waals surface area contributed by atoms with Crippen LogP contribution in [0.4, 0.5) is 0 Å². The lowest BCUT2D eigenvalue weighted by Gasteiger charge is -2.43. The minimum Gasteiger partial charge on any atom is -0.486 e. The van der Waals surface area contributed by atoms with E-state index in [1.54, 1.807) is 0 Å². The minimum absolute atomic E-state index is 0.0780. The third kappa shape index (κ3) is 1.76. The van der Waals surface area contributed by atoms with Crippen LogP contribution in [0.1, 0.15) is 17.5 Å². The molecule has 1 aromatic carbocycles. The lowest BCUT2D eigenvalue weighted by Crippen LogP contribution is -2.48. The molecule has 0 radical (unpaired) electrons. The van der Waals surface area contributed by atoms with E-state index in [1.165, 1.54) is 11.1 Å². The van der Waals surface area contributed by atoms with Crippen LogP contribution in [0, 0.1) is 6.92 Å². The van der Waals surface area contributed by atoms with E-state index >= 15 is 0 Å². The zero-order valence-corrected chi connectivity index (χ0v) is 10.7. The zero-order chi connectivity index (χ0) is 12.6. The molecule has 2 aliphatic rings. The lowest BCUT2D eigenvalue weighted by atomic mass is 9.74. The molecule has 2 heterocycles. The lowest BCUT2D eigenvalue weighted by molar-refractivity contribution is -0.0635. The number of hydrogen-bond acceptors (Lipinski definition) is 4. The second-order valence-electron chi connectivity index (χ2n) is 5.12. The molecule has 1 fully saturated rings. The van der Waals surface area contributed by atoms with Crippen molar-refractivity contribution in [3.63, 3.8) is 0 Å². The summed E-state index contributed by atoms with van der Waals surface area (Å²) in [6.07, 6.45) is 0.952. The smallest absolute Gasteiger partial charge is 0.161 e. The fourth-order valence-electron chi connectivity index (χ4n) is 2.82. The Hall–Kier alpha value is -1.26. The summed E-state index contributed by atoms with van der Waals surface area (Å²) in [4.78, 5) is 0. The van der Waals surface area contributed by atoms with Gasteiger partial charge in [0.05, 0.1) is 13.2 Å². The topological polar surface area (TPSA) is 53.7 Å². The van der Waals surface area contributed by atoms with Gasteiger partial charge in [0, 0.05) is 5.41 Å². The summed E-state index contributed by atoms with van der Waals surface area (Å²) in [7, 11) is 0. The van der Waals surface area contributed by atoms with E-state index in [1.807, 2.05) is 0 Å². The minimum atomic E-state index is 0.0780. The first-order valence-corrected chi connectivity index (χ1v) is 6.44. The van der Waals surface area contributed by atoms with Gasteiger partial charge >= 0.3 is 0 Å². The molecule has 2 aliphatic heterocycles. The third-order valence-electron chi connectivity index (χ3n) is 3.84. The molecule has 18 heavy (non-hydrogen) atoms. The van der Waals surface area contributed by atoms with Crippen molar-refractivity contribution < 1.29 is 14.2 Å². The Balaban J connectivity index is 2.00. The Morgan fingerprint density at radius 3 is 2.39 bits per heavy atom. The highest BCUT2D eigenvalue weighted by Gasteiger charge is 2.41. The van der Waals surface area contributed by atoms with Gasteiger partial charge in [-0.05, 0) is 43.1 Å². The first-order valence-electron chi connectivity index (χ1n) is 6.44. The van der Waals surface area contributed by atoms with E-state index in [2.05, 4.69) is 19.1 Å². The highest BCUT2D eigenvalue weighted by molar-refractivity contribution is 5.51. The molecular weight excluding hydrogens is 230 g/mol. The van der Waals surface area contributed by atoms with Crippen LogP contribution < -0.4 is 15.2 Å². The SMILES string of the molecule is Cc1cc2c(cc1C1(CCN)COC1)OCCO2. The molecule has 0 amide bonds. The molecule has 1 aromatic rings. The van der Waals surface area contributed by atoms with E-state index in [4.69, 9.17) is 19.9 Å².